The van der Waals surface area contributed by atoms with Gasteiger partial charge in [-0.2, -0.15) is 0 Å². The maximum Gasteiger partial charge on any atom is 0.0575 e. The summed E-state index contributed by atoms with van der Waals surface area (Å²) in [6.07, 6.45) is 8.23. The molecule has 0 radical (unpaired) electrons. The molecule has 0 bridgehead atoms. The molecule has 4 heteroatoms. The second-order valence-electron chi connectivity index (χ2n) is 4.96. The molecule has 0 atom stereocenters. The second-order valence-corrected chi connectivity index (χ2v) is 5.96. The highest BCUT2D eigenvalue weighted by atomic mass is 32.1. The lowest BCUT2D eigenvalue weighted by atomic mass is 9.98. The van der Waals surface area contributed by atoms with Gasteiger partial charge in [0.2, 0.25) is 0 Å². The third kappa shape index (κ3) is 4.59. The molecule has 1 aromatic heterocycles. The number of rotatable bonds is 7. The Morgan fingerprint density at radius 2 is 2.17 bits per heavy atom. The fourth-order valence-electron chi connectivity index (χ4n) is 2.38. The van der Waals surface area contributed by atoms with Crippen molar-refractivity contribution in [2.75, 3.05) is 18.9 Å². The van der Waals surface area contributed by atoms with E-state index in [4.69, 9.17) is 10.5 Å². The van der Waals surface area contributed by atoms with Crippen molar-refractivity contribution in [1.82, 2.24) is 5.32 Å². The van der Waals surface area contributed by atoms with Crippen LogP contribution in [0, 0.1) is 0 Å². The summed E-state index contributed by atoms with van der Waals surface area (Å²) in [5, 5.41) is 5.46. The number of hydrogen-bond acceptors (Lipinski definition) is 4. The molecule has 1 aromatic rings. The summed E-state index contributed by atoms with van der Waals surface area (Å²) in [6.45, 7) is 2.77. The lowest BCUT2D eigenvalue weighted by molar-refractivity contribution is 0.0273. The van der Waals surface area contributed by atoms with E-state index in [1.54, 1.807) is 11.3 Å². The van der Waals surface area contributed by atoms with E-state index in [1.807, 2.05) is 11.4 Å². The molecule has 1 aliphatic rings. The molecule has 0 aliphatic heterocycles. The normalized spacial score (nSPS) is 17.1. The molecule has 0 saturated heterocycles. The van der Waals surface area contributed by atoms with Gasteiger partial charge in [-0.3, -0.25) is 0 Å². The van der Waals surface area contributed by atoms with Crippen LogP contribution >= 0.6 is 11.3 Å². The third-order valence-corrected chi connectivity index (χ3v) is 4.41. The average molecular weight is 268 g/mol. The van der Waals surface area contributed by atoms with Gasteiger partial charge in [-0.05, 0) is 37.3 Å². The first kappa shape index (κ1) is 13.8. The zero-order chi connectivity index (χ0) is 12.6. The molecule has 2 rings (SSSR count). The van der Waals surface area contributed by atoms with Crippen LogP contribution < -0.4 is 11.1 Å². The highest BCUT2D eigenvalue weighted by Crippen LogP contribution is 2.20. The predicted molar refractivity (Wildman–Crippen MR) is 77.9 cm³/mol. The Bertz CT molecular complexity index is 334. The quantitative estimate of drug-likeness (QED) is 0.747. The molecule has 0 aromatic carbocycles. The summed E-state index contributed by atoms with van der Waals surface area (Å²) in [5.74, 6) is 0. The van der Waals surface area contributed by atoms with Crippen LogP contribution in [-0.2, 0) is 11.3 Å². The standard InChI is InChI=1S/C14H24N2OS/c15-13-7-10-18-14(13)11-16-8-4-9-17-12-5-2-1-3-6-12/h7,10,12,16H,1-6,8-9,11,15H2. The highest BCUT2D eigenvalue weighted by Gasteiger charge is 2.12. The minimum atomic E-state index is 0.534. The highest BCUT2D eigenvalue weighted by molar-refractivity contribution is 7.10. The summed E-state index contributed by atoms with van der Waals surface area (Å²) in [6, 6.07) is 1.97. The molecule has 1 saturated carbocycles. The molecule has 0 spiro atoms. The van der Waals surface area contributed by atoms with Crippen molar-refractivity contribution in [1.29, 1.82) is 0 Å². The van der Waals surface area contributed by atoms with Gasteiger partial charge < -0.3 is 15.8 Å². The Morgan fingerprint density at radius 3 is 2.89 bits per heavy atom. The van der Waals surface area contributed by atoms with Gasteiger partial charge >= 0.3 is 0 Å². The number of ether oxygens (including phenoxy) is 1. The Morgan fingerprint density at radius 1 is 1.33 bits per heavy atom. The van der Waals surface area contributed by atoms with Crippen LogP contribution in [-0.4, -0.2) is 19.3 Å². The SMILES string of the molecule is Nc1ccsc1CNCCCOC1CCCCC1. The van der Waals surface area contributed by atoms with Crippen molar-refractivity contribution < 1.29 is 4.74 Å². The first-order chi connectivity index (χ1) is 8.86. The van der Waals surface area contributed by atoms with Gasteiger partial charge in [0, 0.05) is 23.7 Å². The zero-order valence-electron chi connectivity index (χ0n) is 11.0. The van der Waals surface area contributed by atoms with Gasteiger partial charge in [-0.1, -0.05) is 19.3 Å². The molecule has 18 heavy (non-hydrogen) atoms. The first-order valence-electron chi connectivity index (χ1n) is 7.00. The maximum atomic E-state index is 5.88. The minimum absolute atomic E-state index is 0.534. The molecule has 0 unspecified atom stereocenters. The minimum Gasteiger partial charge on any atom is -0.398 e. The first-order valence-corrected chi connectivity index (χ1v) is 7.88. The summed E-state index contributed by atoms with van der Waals surface area (Å²) < 4.78 is 5.88. The Balaban J connectivity index is 1.47. The second kappa shape index (κ2) is 7.77. The van der Waals surface area contributed by atoms with Crippen LogP contribution in [0.25, 0.3) is 0 Å². The molecule has 3 N–H and O–H groups in total. The fraction of sp³-hybridized carbons (Fsp3) is 0.714. The van der Waals surface area contributed by atoms with E-state index >= 15 is 0 Å². The third-order valence-electron chi connectivity index (χ3n) is 3.47. The molecule has 1 heterocycles. The van der Waals surface area contributed by atoms with E-state index in [1.165, 1.54) is 37.0 Å². The van der Waals surface area contributed by atoms with Gasteiger partial charge in [0.05, 0.1) is 6.10 Å². The van der Waals surface area contributed by atoms with E-state index < -0.39 is 0 Å². The lowest BCUT2D eigenvalue weighted by Gasteiger charge is -2.21. The average Bonchev–Trinajstić information content (AvgIpc) is 2.81. The van der Waals surface area contributed by atoms with Gasteiger partial charge in [-0.25, -0.2) is 0 Å². The van der Waals surface area contributed by atoms with Crippen molar-refractivity contribution in [2.45, 2.75) is 51.2 Å². The monoisotopic (exact) mass is 268 g/mol. The van der Waals surface area contributed by atoms with E-state index in [2.05, 4.69) is 5.32 Å². The van der Waals surface area contributed by atoms with Crippen molar-refractivity contribution in [2.24, 2.45) is 0 Å². The van der Waals surface area contributed by atoms with Gasteiger partial charge in [0.15, 0.2) is 0 Å². The van der Waals surface area contributed by atoms with Crippen LogP contribution in [0.15, 0.2) is 11.4 Å². The van der Waals surface area contributed by atoms with Crippen LogP contribution in [0.2, 0.25) is 0 Å². The Hall–Kier alpha value is -0.580. The van der Waals surface area contributed by atoms with Crippen LogP contribution in [0.5, 0.6) is 0 Å². The lowest BCUT2D eigenvalue weighted by Crippen LogP contribution is -2.20. The van der Waals surface area contributed by atoms with E-state index in [0.717, 1.165) is 31.8 Å². The number of nitrogen functional groups attached to an aromatic ring is 1. The van der Waals surface area contributed by atoms with Crippen molar-refractivity contribution in [3.63, 3.8) is 0 Å². The van der Waals surface area contributed by atoms with E-state index in [9.17, 15) is 0 Å². The number of nitrogens with one attached hydrogen (secondary N) is 1. The van der Waals surface area contributed by atoms with E-state index in [-0.39, 0.29) is 0 Å². The number of anilines is 1. The van der Waals surface area contributed by atoms with Crippen LogP contribution in [0.1, 0.15) is 43.4 Å². The Kier molecular flexibility index (Phi) is 5.97. The molecule has 1 aliphatic carbocycles. The molecule has 0 amide bonds. The smallest absolute Gasteiger partial charge is 0.0575 e. The number of hydrogen-bond donors (Lipinski definition) is 2. The zero-order valence-corrected chi connectivity index (χ0v) is 11.8. The summed E-state index contributed by atoms with van der Waals surface area (Å²) in [7, 11) is 0. The van der Waals surface area contributed by atoms with Crippen molar-refractivity contribution in [3.05, 3.63) is 16.3 Å². The summed E-state index contributed by atoms with van der Waals surface area (Å²) in [4.78, 5) is 1.24. The number of nitrogens with two attached hydrogens (primary N) is 1. The van der Waals surface area contributed by atoms with Crippen LogP contribution in [0.3, 0.4) is 0 Å². The van der Waals surface area contributed by atoms with Crippen molar-refractivity contribution >= 4 is 17.0 Å². The predicted octanol–water partition coefficient (Wildman–Crippen LogP) is 3.16. The molecule has 1 fully saturated rings. The van der Waals surface area contributed by atoms with Gasteiger partial charge in [0.25, 0.3) is 0 Å². The topological polar surface area (TPSA) is 47.3 Å². The maximum absolute atomic E-state index is 5.88. The summed E-state index contributed by atoms with van der Waals surface area (Å²) in [5.41, 5.74) is 6.73. The molecular weight excluding hydrogens is 244 g/mol. The van der Waals surface area contributed by atoms with Gasteiger partial charge in [-0.15, -0.1) is 11.3 Å². The largest absolute Gasteiger partial charge is 0.398 e. The molecular formula is C14H24N2OS. The molecule has 102 valence electrons. The van der Waals surface area contributed by atoms with E-state index in [0.29, 0.717) is 6.10 Å². The molecule has 3 nitrogen and oxygen atoms in total. The fourth-order valence-corrected chi connectivity index (χ4v) is 3.14. The summed E-state index contributed by atoms with van der Waals surface area (Å²) >= 11 is 1.72. The van der Waals surface area contributed by atoms with Crippen molar-refractivity contribution in [3.8, 4) is 0 Å². The number of thiophene rings is 1. The van der Waals surface area contributed by atoms with Gasteiger partial charge in [0.1, 0.15) is 0 Å². The Labute approximate surface area is 114 Å². The van der Waals surface area contributed by atoms with Crippen LogP contribution in [0.4, 0.5) is 5.69 Å².